The maximum atomic E-state index is 3.28. The zero-order valence-electron chi connectivity index (χ0n) is 7.72. The highest BCUT2D eigenvalue weighted by Crippen LogP contribution is 2.07. The van der Waals surface area contributed by atoms with Gasteiger partial charge in [0.05, 0.1) is 0 Å². The lowest BCUT2D eigenvalue weighted by atomic mass is 10.2. The van der Waals surface area contributed by atoms with E-state index in [1.165, 1.54) is 5.56 Å². The first-order valence-corrected chi connectivity index (χ1v) is 4.34. The molecule has 2 heteroatoms. The molecule has 0 atom stereocenters. The summed E-state index contributed by atoms with van der Waals surface area (Å²) in [4.78, 5) is 0. The van der Waals surface area contributed by atoms with Crippen LogP contribution in [0.5, 0.6) is 0 Å². The second kappa shape index (κ2) is 4.78. The fourth-order valence-electron chi connectivity index (χ4n) is 1.06. The van der Waals surface area contributed by atoms with Crippen LogP contribution in [0.3, 0.4) is 0 Å². The maximum Gasteiger partial charge on any atom is 0.0337 e. The molecule has 1 aromatic carbocycles. The molecule has 0 unspecified atom stereocenters. The average Bonchev–Trinajstić information content (AvgIpc) is 2.15. The normalized spacial score (nSPS) is 9.83. The van der Waals surface area contributed by atoms with Crippen LogP contribution >= 0.6 is 0 Å². The highest BCUT2D eigenvalue weighted by molar-refractivity contribution is 5.43. The van der Waals surface area contributed by atoms with Gasteiger partial charge < -0.3 is 10.6 Å². The van der Waals surface area contributed by atoms with Gasteiger partial charge in [-0.25, -0.2) is 0 Å². The van der Waals surface area contributed by atoms with Gasteiger partial charge in [-0.2, -0.15) is 0 Å². The second-order valence-electron chi connectivity index (χ2n) is 2.73. The van der Waals surface area contributed by atoms with E-state index in [9.17, 15) is 0 Å². The van der Waals surface area contributed by atoms with Crippen molar-refractivity contribution in [2.45, 2.75) is 13.5 Å². The fourth-order valence-corrected chi connectivity index (χ4v) is 1.06. The summed E-state index contributed by atoms with van der Waals surface area (Å²) in [7, 11) is 1.93. The number of anilines is 1. The van der Waals surface area contributed by atoms with Crippen LogP contribution in [-0.4, -0.2) is 13.6 Å². The third-order valence-corrected chi connectivity index (χ3v) is 1.82. The molecule has 0 aromatic heterocycles. The Morgan fingerprint density at radius 2 is 1.83 bits per heavy atom. The number of nitrogens with one attached hydrogen (secondary N) is 2. The first-order chi connectivity index (χ1) is 5.86. The summed E-state index contributed by atoms with van der Waals surface area (Å²) in [6.45, 7) is 4.09. The van der Waals surface area contributed by atoms with E-state index in [4.69, 9.17) is 0 Å². The Morgan fingerprint density at radius 1 is 1.17 bits per heavy atom. The number of hydrogen-bond donors (Lipinski definition) is 2. The molecular formula is C10H16N2. The fraction of sp³-hybridized carbons (Fsp3) is 0.400. The monoisotopic (exact) mass is 164 g/mol. The van der Waals surface area contributed by atoms with Crippen molar-refractivity contribution in [2.75, 3.05) is 18.9 Å². The third-order valence-electron chi connectivity index (χ3n) is 1.82. The lowest BCUT2D eigenvalue weighted by molar-refractivity contribution is 0.727. The summed E-state index contributed by atoms with van der Waals surface area (Å²) in [5.74, 6) is 0. The highest BCUT2D eigenvalue weighted by Gasteiger charge is 1.90. The number of rotatable bonds is 4. The molecule has 1 aromatic rings. The zero-order valence-corrected chi connectivity index (χ0v) is 7.72. The van der Waals surface area contributed by atoms with E-state index in [0.29, 0.717) is 0 Å². The molecule has 0 aliphatic heterocycles. The Kier molecular flexibility index (Phi) is 3.61. The Morgan fingerprint density at radius 3 is 2.33 bits per heavy atom. The molecule has 2 N–H and O–H groups in total. The van der Waals surface area contributed by atoms with Gasteiger partial charge in [-0.1, -0.05) is 19.1 Å². The molecule has 0 amide bonds. The zero-order chi connectivity index (χ0) is 8.81. The van der Waals surface area contributed by atoms with E-state index in [1.807, 2.05) is 7.05 Å². The van der Waals surface area contributed by atoms with Gasteiger partial charge in [0.2, 0.25) is 0 Å². The maximum absolute atomic E-state index is 3.28. The van der Waals surface area contributed by atoms with Gasteiger partial charge in [-0.3, -0.25) is 0 Å². The predicted molar refractivity (Wildman–Crippen MR) is 53.4 cm³/mol. The van der Waals surface area contributed by atoms with Crippen LogP contribution in [0.4, 0.5) is 5.69 Å². The molecule has 0 fully saturated rings. The molecule has 2 nitrogen and oxygen atoms in total. The van der Waals surface area contributed by atoms with E-state index in [2.05, 4.69) is 41.8 Å². The van der Waals surface area contributed by atoms with Crippen molar-refractivity contribution >= 4 is 5.69 Å². The molecule has 1 rings (SSSR count). The Labute approximate surface area is 74.0 Å². The van der Waals surface area contributed by atoms with E-state index in [1.54, 1.807) is 0 Å². The number of benzene rings is 1. The molecule has 0 heterocycles. The minimum absolute atomic E-state index is 0.959. The SMILES string of the molecule is CCNCc1ccc(NC)cc1. The smallest absolute Gasteiger partial charge is 0.0337 e. The largest absolute Gasteiger partial charge is 0.388 e. The highest BCUT2D eigenvalue weighted by atomic mass is 14.8. The summed E-state index contributed by atoms with van der Waals surface area (Å²) in [5.41, 5.74) is 2.49. The van der Waals surface area contributed by atoms with Crippen LogP contribution in [0.1, 0.15) is 12.5 Å². The van der Waals surface area contributed by atoms with E-state index in [-0.39, 0.29) is 0 Å². The van der Waals surface area contributed by atoms with Crippen LogP contribution in [0, 0.1) is 0 Å². The standard InChI is InChI=1S/C10H16N2/c1-3-12-8-9-4-6-10(11-2)7-5-9/h4-7,11-12H,3,8H2,1-2H3. The van der Waals surface area contributed by atoms with Gasteiger partial charge in [0.25, 0.3) is 0 Å². The molecule has 0 radical (unpaired) electrons. The van der Waals surface area contributed by atoms with Gasteiger partial charge in [0.1, 0.15) is 0 Å². The van der Waals surface area contributed by atoms with Crippen molar-refractivity contribution in [2.24, 2.45) is 0 Å². The molecule has 66 valence electrons. The quantitative estimate of drug-likeness (QED) is 0.709. The lowest BCUT2D eigenvalue weighted by Gasteiger charge is -2.03. The van der Waals surface area contributed by atoms with E-state index < -0.39 is 0 Å². The summed E-state index contributed by atoms with van der Waals surface area (Å²) >= 11 is 0. The van der Waals surface area contributed by atoms with Crippen LogP contribution in [0.2, 0.25) is 0 Å². The first kappa shape index (κ1) is 9.07. The van der Waals surface area contributed by atoms with Gasteiger partial charge in [-0.05, 0) is 24.2 Å². The van der Waals surface area contributed by atoms with Crippen molar-refractivity contribution in [1.82, 2.24) is 5.32 Å². The Balaban J connectivity index is 2.53. The third kappa shape index (κ3) is 2.55. The lowest BCUT2D eigenvalue weighted by Crippen LogP contribution is -2.11. The predicted octanol–water partition coefficient (Wildman–Crippen LogP) is 1.84. The molecule has 0 bridgehead atoms. The first-order valence-electron chi connectivity index (χ1n) is 4.34. The molecule has 0 aliphatic carbocycles. The molecule has 12 heavy (non-hydrogen) atoms. The summed E-state index contributed by atoms with van der Waals surface area (Å²) in [6.07, 6.45) is 0. The minimum Gasteiger partial charge on any atom is -0.388 e. The minimum atomic E-state index is 0.959. The Hall–Kier alpha value is -1.02. The van der Waals surface area contributed by atoms with Crippen molar-refractivity contribution in [3.05, 3.63) is 29.8 Å². The van der Waals surface area contributed by atoms with E-state index in [0.717, 1.165) is 18.8 Å². The summed E-state index contributed by atoms with van der Waals surface area (Å²) in [5, 5.41) is 6.37. The van der Waals surface area contributed by atoms with Crippen molar-refractivity contribution < 1.29 is 0 Å². The molecule has 0 spiro atoms. The van der Waals surface area contributed by atoms with Crippen LogP contribution in [-0.2, 0) is 6.54 Å². The molecular weight excluding hydrogens is 148 g/mol. The van der Waals surface area contributed by atoms with Crippen LogP contribution in [0.15, 0.2) is 24.3 Å². The summed E-state index contributed by atoms with van der Waals surface area (Å²) < 4.78 is 0. The Bertz CT molecular complexity index is 216. The topological polar surface area (TPSA) is 24.1 Å². The molecule has 0 saturated heterocycles. The van der Waals surface area contributed by atoms with Crippen molar-refractivity contribution in [3.8, 4) is 0 Å². The second-order valence-corrected chi connectivity index (χ2v) is 2.73. The van der Waals surface area contributed by atoms with E-state index >= 15 is 0 Å². The molecule has 0 saturated carbocycles. The summed E-state index contributed by atoms with van der Waals surface area (Å²) in [6, 6.07) is 8.45. The number of hydrogen-bond acceptors (Lipinski definition) is 2. The van der Waals surface area contributed by atoms with Crippen molar-refractivity contribution in [3.63, 3.8) is 0 Å². The average molecular weight is 164 g/mol. The van der Waals surface area contributed by atoms with Gasteiger partial charge in [-0.15, -0.1) is 0 Å². The van der Waals surface area contributed by atoms with Gasteiger partial charge in [0, 0.05) is 19.3 Å². The van der Waals surface area contributed by atoms with Crippen LogP contribution in [0.25, 0.3) is 0 Å². The molecule has 0 aliphatic rings. The van der Waals surface area contributed by atoms with Gasteiger partial charge >= 0.3 is 0 Å². The van der Waals surface area contributed by atoms with Gasteiger partial charge in [0.15, 0.2) is 0 Å². The van der Waals surface area contributed by atoms with Crippen LogP contribution < -0.4 is 10.6 Å². The van der Waals surface area contributed by atoms with Crippen molar-refractivity contribution in [1.29, 1.82) is 0 Å².